The SMILES string of the molecule is CC.Cc1c(F)ccc(NS(C)=O)c1F. The average molecular weight is 235 g/mol. The normalized spacial score (nSPS) is 11.3. The summed E-state index contributed by atoms with van der Waals surface area (Å²) in [6, 6.07) is 2.35. The Bertz CT molecular complexity index is 356. The fourth-order valence-corrected chi connectivity index (χ4v) is 1.36. The molecule has 1 N–H and O–H groups in total. The van der Waals surface area contributed by atoms with E-state index in [9.17, 15) is 13.0 Å². The molecule has 5 heteroatoms. The zero-order valence-corrected chi connectivity index (χ0v) is 10.0. The number of benzene rings is 1. The Hall–Kier alpha value is -0.970. The number of hydrogen-bond donors (Lipinski definition) is 1. The lowest BCUT2D eigenvalue weighted by Crippen LogP contribution is -2.04. The van der Waals surface area contributed by atoms with Gasteiger partial charge < -0.3 is 4.72 Å². The smallest absolute Gasteiger partial charge is 0.153 e. The predicted octanol–water partition coefficient (Wildman–Crippen LogP) is 3.00. The number of anilines is 1. The van der Waals surface area contributed by atoms with Gasteiger partial charge in [0.25, 0.3) is 0 Å². The van der Waals surface area contributed by atoms with Crippen molar-refractivity contribution < 1.29 is 13.0 Å². The van der Waals surface area contributed by atoms with Crippen molar-refractivity contribution in [3.63, 3.8) is 0 Å². The molecule has 0 aliphatic rings. The Morgan fingerprint density at radius 1 is 1.27 bits per heavy atom. The lowest BCUT2D eigenvalue weighted by atomic mass is 10.2. The molecule has 1 atom stereocenters. The second-order valence-corrected chi connectivity index (χ2v) is 3.70. The summed E-state index contributed by atoms with van der Waals surface area (Å²) in [5, 5.41) is 0. The summed E-state index contributed by atoms with van der Waals surface area (Å²) < 4.78 is 39.0. The lowest BCUT2D eigenvalue weighted by Gasteiger charge is -2.06. The highest BCUT2D eigenvalue weighted by molar-refractivity contribution is 7.85. The quantitative estimate of drug-likeness (QED) is 0.838. The van der Waals surface area contributed by atoms with E-state index >= 15 is 0 Å². The summed E-state index contributed by atoms with van der Waals surface area (Å²) in [4.78, 5) is 0. The van der Waals surface area contributed by atoms with Gasteiger partial charge in [-0.05, 0) is 19.1 Å². The van der Waals surface area contributed by atoms with Gasteiger partial charge in [0.1, 0.15) is 16.8 Å². The van der Waals surface area contributed by atoms with E-state index in [1.54, 1.807) is 0 Å². The third-order valence-electron chi connectivity index (χ3n) is 1.57. The maximum atomic E-state index is 13.2. The van der Waals surface area contributed by atoms with Crippen molar-refractivity contribution in [2.24, 2.45) is 0 Å². The molecule has 1 aromatic rings. The lowest BCUT2D eigenvalue weighted by molar-refractivity contribution is 0.571. The number of nitrogens with one attached hydrogen (secondary N) is 1. The van der Waals surface area contributed by atoms with Crippen LogP contribution in [0, 0.1) is 18.6 Å². The Labute approximate surface area is 91.3 Å². The highest BCUT2D eigenvalue weighted by Gasteiger charge is 2.09. The van der Waals surface area contributed by atoms with Crippen LogP contribution in [-0.4, -0.2) is 10.5 Å². The van der Waals surface area contributed by atoms with Crippen molar-refractivity contribution in [3.05, 3.63) is 29.3 Å². The van der Waals surface area contributed by atoms with Crippen LogP contribution in [-0.2, 0) is 11.0 Å². The molecule has 0 bridgehead atoms. The predicted molar refractivity (Wildman–Crippen MR) is 60.1 cm³/mol. The van der Waals surface area contributed by atoms with E-state index in [2.05, 4.69) is 4.72 Å². The summed E-state index contributed by atoms with van der Waals surface area (Å²) >= 11 is 0. The Morgan fingerprint density at radius 3 is 2.27 bits per heavy atom. The molecule has 1 unspecified atom stereocenters. The van der Waals surface area contributed by atoms with Gasteiger partial charge in [0, 0.05) is 11.8 Å². The molecule has 0 spiro atoms. The first kappa shape index (κ1) is 14.0. The zero-order chi connectivity index (χ0) is 12.0. The minimum absolute atomic E-state index is 0.0553. The molecule has 0 aliphatic heterocycles. The fraction of sp³-hybridized carbons (Fsp3) is 0.400. The molecule has 0 saturated carbocycles. The number of hydrogen-bond acceptors (Lipinski definition) is 1. The van der Waals surface area contributed by atoms with E-state index in [0.717, 1.165) is 6.07 Å². The van der Waals surface area contributed by atoms with Crippen LogP contribution in [0.3, 0.4) is 0 Å². The molecule has 86 valence electrons. The van der Waals surface area contributed by atoms with Crippen molar-refractivity contribution in [2.75, 3.05) is 11.0 Å². The highest BCUT2D eigenvalue weighted by atomic mass is 32.2. The van der Waals surface area contributed by atoms with E-state index in [-0.39, 0.29) is 11.3 Å². The largest absolute Gasteiger partial charge is 0.303 e. The van der Waals surface area contributed by atoms with E-state index in [1.807, 2.05) is 13.8 Å². The first-order valence-electron chi connectivity index (χ1n) is 4.57. The highest BCUT2D eigenvalue weighted by Crippen LogP contribution is 2.20. The third kappa shape index (κ3) is 3.95. The van der Waals surface area contributed by atoms with Gasteiger partial charge in [-0.1, -0.05) is 13.8 Å². The minimum Gasteiger partial charge on any atom is -0.303 e. The van der Waals surface area contributed by atoms with E-state index in [1.165, 1.54) is 19.2 Å². The van der Waals surface area contributed by atoms with Crippen LogP contribution >= 0.6 is 0 Å². The molecule has 0 fully saturated rings. The van der Waals surface area contributed by atoms with Gasteiger partial charge in [0.2, 0.25) is 0 Å². The van der Waals surface area contributed by atoms with Crippen LogP contribution in [0.4, 0.5) is 14.5 Å². The topological polar surface area (TPSA) is 29.1 Å². The molecule has 0 aliphatic carbocycles. The Morgan fingerprint density at radius 2 is 1.80 bits per heavy atom. The van der Waals surface area contributed by atoms with E-state index in [0.29, 0.717) is 0 Å². The van der Waals surface area contributed by atoms with Gasteiger partial charge in [-0.3, -0.25) is 0 Å². The first-order chi connectivity index (χ1) is 7.02. The average Bonchev–Trinajstić information content (AvgIpc) is 2.22. The van der Waals surface area contributed by atoms with Crippen molar-refractivity contribution in [2.45, 2.75) is 20.8 Å². The van der Waals surface area contributed by atoms with Crippen LogP contribution < -0.4 is 4.72 Å². The van der Waals surface area contributed by atoms with Gasteiger partial charge in [-0.15, -0.1) is 0 Å². The van der Waals surface area contributed by atoms with Crippen molar-refractivity contribution in [1.82, 2.24) is 0 Å². The molecule has 0 amide bonds. The number of rotatable bonds is 2. The molecule has 2 nitrogen and oxygen atoms in total. The van der Waals surface area contributed by atoms with Gasteiger partial charge in [0.05, 0.1) is 5.69 Å². The Balaban J connectivity index is 0.000000921. The molecular weight excluding hydrogens is 220 g/mol. The molecule has 0 heterocycles. The molecule has 1 rings (SSSR count). The third-order valence-corrected chi connectivity index (χ3v) is 2.08. The van der Waals surface area contributed by atoms with Crippen LogP contribution in [0.2, 0.25) is 0 Å². The van der Waals surface area contributed by atoms with Crippen LogP contribution in [0.1, 0.15) is 19.4 Å². The standard InChI is InChI=1S/C8H9F2NOS.C2H6/c1-5-6(9)3-4-7(8(5)10)11-13(2)12;1-2/h3-4,11H,1-2H3;1-2H3. The molecular formula is C10H15F2NOS. The van der Waals surface area contributed by atoms with Gasteiger partial charge in [-0.25, -0.2) is 13.0 Å². The van der Waals surface area contributed by atoms with E-state index in [4.69, 9.17) is 0 Å². The van der Waals surface area contributed by atoms with Crippen molar-refractivity contribution in [1.29, 1.82) is 0 Å². The molecule has 1 aromatic carbocycles. The maximum Gasteiger partial charge on any atom is 0.153 e. The second-order valence-electron chi connectivity index (χ2n) is 2.59. The Kier molecular flexibility index (Phi) is 6.08. The summed E-state index contributed by atoms with van der Waals surface area (Å²) in [6.45, 7) is 5.33. The van der Waals surface area contributed by atoms with Gasteiger partial charge >= 0.3 is 0 Å². The monoisotopic (exact) mass is 235 g/mol. The van der Waals surface area contributed by atoms with Gasteiger partial charge in [-0.2, -0.15) is 0 Å². The van der Waals surface area contributed by atoms with Crippen LogP contribution in [0.15, 0.2) is 12.1 Å². The van der Waals surface area contributed by atoms with Gasteiger partial charge in [0.15, 0.2) is 5.82 Å². The summed E-state index contributed by atoms with van der Waals surface area (Å²) in [5.41, 5.74) is -0.0183. The fourth-order valence-electron chi connectivity index (χ4n) is 0.895. The minimum atomic E-state index is -1.35. The zero-order valence-electron chi connectivity index (χ0n) is 9.23. The van der Waals surface area contributed by atoms with Crippen LogP contribution in [0.5, 0.6) is 0 Å². The number of halogens is 2. The van der Waals surface area contributed by atoms with Crippen molar-refractivity contribution in [3.8, 4) is 0 Å². The summed E-state index contributed by atoms with van der Waals surface area (Å²) in [6.07, 6.45) is 1.37. The molecule has 0 radical (unpaired) electrons. The van der Waals surface area contributed by atoms with E-state index < -0.39 is 22.6 Å². The summed E-state index contributed by atoms with van der Waals surface area (Å²) in [7, 11) is -1.35. The first-order valence-corrected chi connectivity index (χ1v) is 6.13. The van der Waals surface area contributed by atoms with Crippen molar-refractivity contribution >= 4 is 16.7 Å². The second kappa shape index (κ2) is 6.50. The molecule has 0 aromatic heterocycles. The maximum absolute atomic E-state index is 13.2. The summed E-state index contributed by atoms with van der Waals surface area (Å²) in [5.74, 6) is -1.31. The molecule has 0 saturated heterocycles. The van der Waals surface area contributed by atoms with Crippen LogP contribution in [0.25, 0.3) is 0 Å². The molecule has 15 heavy (non-hydrogen) atoms.